The number of nitrogens with two attached hydrogens (primary N) is 1. The summed E-state index contributed by atoms with van der Waals surface area (Å²) in [6.45, 7) is 4.41. The molecule has 1 heterocycles. The normalized spacial score (nSPS) is 12.9. The molecule has 1 unspecified atom stereocenters. The van der Waals surface area contributed by atoms with Crippen molar-refractivity contribution in [1.82, 2.24) is 0 Å². The van der Waals surface area contributed by atoms with E-state index in [1.54, 1.807) is 11.3 Å². The van der Waals surface area contributed by atoms with E-state index < -0.39 is 0 Å². The van der Waals surface area contributed by atoms with E-state index in [9.17, 15) is 0 Å². The average Bonchev–Trinajstić information content (AvgIpc) is 2.75. The van der Waals surface area contributed by atoms with Gasteiger partial charge in [0.05, 0.1) is 0 Å². The molecule has 2 aromatic rings. The van der Waals surface area contributed by atoms with Gasteiger partial charge in [-0.15, -0.1) is 11.3 Å². The SMILES string of the molecule is CC(C)c1ccc(C(N)Cc2cc(Br)cs2)cc1. The fourth-order valence-corrected chi connectivity index (χ4v) is 3.43. The molecule has 96 valence electrons. The van der Waals surface area contributed by atoms with Crippen LogP contribution in [0.1, 0.15) is 41.8 Å². The molecule has 18 heavy (non-hydrogen) atoms. The van der Waals surface area contributed by atoms with Crippen LogP contribution in [0.4, 0.5) is 0 Å². The van der Waals surface area contributed by atoms with Crippen LogP contribution in [-0.4, -0.2) is 0 Å². The first-order valence-corrected chi connectivity index (χ1v) is 7.82. The Balaban J connectivity index is 2.06. The fourth-order valence-electron chi connectivity index (χ4n) is 1.92. The topological polar surface area (TPSA) is 26.0 Å². The zero-order valence-corrected chi connectivity index (χ0v) is 13.1. The summed E-state index contributed by atoms with van der Waals surface area (Å²) in [5.74, 6) is 0.573. The molecular weight excluding hydrogens is 306 g/mol. The van der Waals surface area contributed by atoms with E-state index in [4.69, 9.17) is 5.73 Å². The first-order valence-electron chi connectivity index (χ1n) is 6.14. The Hall–Kier alpha value is -0.640. The minimum atomic E-state index is 0.0803. The van der Waals surface area contributed by atoms with Crippen molar-refractivity contribution in [3.8, 4) is 0 Å². The Bertz CT molecular complexity index is 501. The maximum absolute atomic E-state index is 6.25. The van der Waals surface area contributed by atoms with Crippen LogP contribution in [0.25, 0.3) is 0 Å². The minimum absolute atomic E-state index is 0.0803. The minimum Gasteiger partial charge on any atom is -0.324 e. The summed E-state index contributed by atoms with van der Waals surface area (Å²) < 4.78 is 1.14. The highest BCUT2D eigenvalue weighted by Crippen LogP contribution is 2.25. The second-order valence-electron chi connectivity index (χ2n) is 4.86. The highest BCUT2D eigenvalue weighted by Gasteiger charge is 2.09. The summed E-state index contributed by atoms with van der Waals surface area (Å²) in [5, 5.41) is 2.10. The predicted octanol–water partition coefficient (Wildman–Crippen LogP) is 4.88. The molecule has 0 radical (unpaired) electrons. The molecule has 0 aliphatic heterocycles. The molecule has 2 rings (SSSR count). The predicted molar refractivity (Wildman–Crippen MR) is 83.2 cm³/mol. The van der Waals surface area contributed by atoms with Crippen molar-refractivity contribution in [2.24, 2.45) is 5.73 Å². The van der Waals surface area contributed by atoms with Crippen LogP contribution in [0.2, 0.25) is 0 Å². The highest BCUT2D eigenvalue weighted by molar-refractivity contribution is 9.10. The van der Waals surface area contributed by atoms with Gasteiger partial charge in [0.25, 0.3) is 0 Å². The molecule has 3 heteroatoms. The van der Waals surface area contributed by atoms with Crippen LogP contribution in [-0.2, 0) is 6.42 Å². The maximum Gasteiger partial charge on any atom is 0.0343 e. The van der Waals surface area contributed by atoms with E-state index in [-0.39, 0.29) is 6.04 Å². The number of benzene rings is 1. The Morgan fingerprint density at radius 1 is 1.17 bits per heavy atom. The average molecular weight is 324 g/mol. The van der Waals surface area contributed by atoms with Crippen LogP contribution in [0.3, 0.4) is 0 Å². The lowest BCUT2D eigenvalue weighted by Crippen LogP contribution is -2.12. The Kier molecular flexibility index (Phi) is 4.60. The van der Waals surface area contributed by atoms with Crippen molar-refractivity contribution in [2.75, 3.05) is 0 Å². The fraction of sp³-hybridized carbons (Fsp3) is 0.333. The first kappa shape index (κ1) is 13.8. The summed E-state index contributed by atoms with van der Waals surface area (Å²) >= 11 is 5.23. The van der Waals surface area contributed by atoms with Gasteiger partial charge >= 0.3 is 0 Å². The lowest BCUT2D eigenvalue weighted by molar-refractivity contribution is 0.728. The van der Waals surface area contributed by atoms with Crippen molar-refractivity contribution in [3.63, 3.8) is 0 Å². The van der Waals surface area contributed by atoms with Crippen LogP contribution >= 0.6 is 27.3 Å². The molecule has 1 atom stereocenters. The number of thiophene rings is 1. The van der Waals surface area contributed by atoms with Gasteiger partial charge in [0.2, 0.25) is 0 Å². The molecule has 0 saturated carbocycles. The molecular formula is C15H18BrNS. The van der Waals surface area contributed by atoms with Gasteiger partial charge in [-0.3, -0.25) is 0 Å². The summed E-state index contributed by atoms with van der Waals surface area (Å²) in [6, 6.07) is 10.9. The standard InChI is InChI=1S/C15H18BrNS/c1-10(2)11-3-5-12(6-4-11)15(17)8-14-7-13(16)9-18-14/h3-7,9-10,15H,8,17H2,1-2H3. The number of hydrogen-bond acceptors (Lipinski definition) is 2. The van der Waals surface area contributed by atoms with Crippen LogP contribution in [0.5, 0.6) is 0 Å². The molecule has 0 aliphatic carbocycles. The molecule has 0 spiro atoms. The summed E-state index contributed by atoms with van der Waals surface area (Å²) in [5.41, 5.74) is 8.83. The molecule has 0 amide bonds. The molecule has 1 aromatic heterocycles. The number of hydrogen-bond donors (Lipinski definition) is 1. The van der Waals surface area contributed by atoms with Gasteiger partial charge in [-0.1, -0.05) is 38.1 Å². The van der Waals surface area contributed by atoms with Gasteiger partial charge in [0.15, 0.2) is 0 Å². The van der Waals surface area contributed by atoms with E-state index in [1.807, 2.05) is 0 Å². The zero-order chi connectivity index (χ0) is 13.1. The smallest absolute Gasteiger partial charge is 0.0343 e. The van der Waals surface area contributed by atoms with Crippen molar-refractivity contribution in [3.05, 3.63) is 56.2 Å². The third kappa shape index (κ3) is 3.44. The highest BCUT2D eigenvalue weighted by atomic mass is 79.9. The number of halogens is 1. The van der Waals surface area contributed by atoms with Crippen molar-refractivity contribution < 1.29 is 0 Å². The lowest BCUT2D eigenvalue weighted by atomic mass is 9.98. The van der Waals surface area contributed by atoms with E-state index >= 15 is 0 Å². The lowest BCUT2D eigenvalue weighted by Gasteiger charge is -2.12. The van der Waals surface area contributed by atoms with E-state index in [0.29, 0.717) is 5.92 Å². The zero-order valence-electron chi connectivity index (χ0n) is 10.7. The van der Waals surface area contributed by atoms with Crippen molar-refractivity contribution >= 4 is 27.3 Å². The van der Waals surface area contributed by atoms with Gasteiger partial charge in [-0.2, -0.15) is 0 Å². The first-order chi connectivity index (χ1) is 8.56. The van der Waals surface area contributed by atoms with Gasteiger partial charge in [-0.25, -0.2) is 0 Å². The summed E-state index contributed by atoms with van der Waals surface area (Å²) in [6.07, 6.45) is 0.900. The van der Waals surface area contributed by atoms with Gasteiger partial charge < -0.3 is 5.73 Å². The molecule has 0 bridgehead atoms. The quantitative estimate of drug-likeness (QED) is 0.852. The van der Waals surface area contributed by atoms with Gasteiger partial charge in [0.1, 0.15) is 0 Å². The largest absolute Gasteiger partial charge is 0.324 e. The summed E-state index contributed by atoms with van der Waals surface area (Å²) in [4.78, 5) is 1.32. The molecule has 1 aromatic carbocycles. The Morgan fingerprint density at radius 3 is 2.28 bits per heavy atom. The van der Waals surface area contributed by atoms with Crippen LogP contribution in [0, 0.1) is 0 Å². The third-order valence-corrected chi connectivity index (χ3v) is 4.79. The summed E-state index contributed by atoms with van der Waals surface area (Å²) in [7, 11) is 0. The van der Waals surface area contributed by atoms with E-state index in [1.165, 1.54) is 16.0 Å². The third-order valence-electron chi connectivity index (χ3n) is 3.07. The van der Waals surface area contributed by atoms with Crippen LogP contribution in [0.15, 0.2) is 40.2 Å². The Morgan fingerprint density at radius 2 is 1.78 bits per heavy atom. The maximum atomic E-state index is 6.25. The second kappa shape index (κ2) is 6.00. The second-order valence-corrected chi connectivity index (χ2v) is 6.77. The van der Waals surface area contributed by atoms with Gasteiger partial charge in [-0.05, 0) is 39.0 Å². The van der Waals surface area contributed by atoms with E-state index in [0.717, 1.165) is 10.9 Å². The molecule has 0 fully saturated rings. The van der Waals surface area contributed by atoms with E-state index in [2.05, 4.69) is 65.5 Å². The molecule has 0 saturated heterocycles. The number of rotatable bonds is 4. The van der Waals surface area contributed by atoms with Gasteiger partial charge in [0, 0.05) is 27.2 Å². The monoisotopic (exact) mass is 323 g/mol. The molecule has 1 nitrogen and oxygen atoms in total. The Labute approximate surface area is 121 Å². The molecule has 2 N–H and O–H groups in total. The molecule has 0 aliphatic rings. The van der Waals surface area contributed by atoms with Crippen molar-refractivity contribution in [2.45, 2.75) is 32.2 Å². The van der Waals surface area contributed by atoms with Crippen molar-refractivity contribution in [1.29, 1.82) is 0 Å². The van der Waals surface area contributed by atoms with Crippen LogP contribution < -0.4 is 5.73 Å².